The van der Waals surface area contributed by atoms with E-state index in [4.69, 9.17) is 4.74 Å². The maximum atomic E-state index is 13.3. The van der Waals surface area contributed by atoms with Gasteiger partial charge >= 0.3 is 0 Å². The third-order valence-electron chi connectivity index (χ3n) is 6.47. The summed E-state index contributed by atoms with van der Waals surface area (Å²) in [4.78, 5) is 17.5. The fourth-order valence-corrected chi connectivity index (χ4v) is 6.23. The lowest BCUT2D eigenvalue weighted by Crippen LogP contribution is -2.41. The Labute approximate surface area is 197 Å². The number of aryl methyl sites for hydroxylation is 1. The first kappa shape index (κ1) is 23.7. The second kappa shape index (κ2) is 10.2. The van der Waals surface area contributed by atoms with E-state index in [1.807, 2.05) is 12.1 Å². The third-order valence-corrected chi connectivity index (χ3v) is 8.51. The standard InChI is InChI=1S/C25H33N3O4S/c1-20-10-11-21(18-24(20)33(30,31)28-14-16-32-17-15-28)25(29)26(2)19-22-8-4-5-9-23(22)27-12-6-3-7-13-27/h4-5,8-11,18H,3,6-7,12-17,19H2,1-2H3. The van der Waals surface area contributed by atoms with E-state index >= 15 is 0 Å². The number of ether oxygens (including phenoxy) is 1. The highest BCUT2D eigenvalue weighted by atomic mass is 32.2. The first-order valence-electron chi connectivity index (χ1n) is 11.6. The van der Waals surface area contributed by atoms with Crippen LogP contribution in [0.2, 0.25) is 0 Å². The minimum Gasteiger partial charge on any atom is -0.379 e. The Balaban J connectivity index is 1.55. The van der Waals surface area contributed by atoms with Crippen LogP contribution in [0.1, 0.15) is 40.7 Å². The molecule has 0 unspecified atom stereocenters. The zero-order chi connectivity index (χ0) is 23.4. The molecular weight excluding hydrogens is 438 g/mol. The predicted octanol–water partition coefficient (Wildman–Crippen LogP) is 3.28. The van der Waals surface area contributed by atoms with Gasteiger partial charge in [0.05, 0.1) is 18.1 Å². The van der Waals surface area contributed by atoms with Crippen LogP contribution in [-0.4, -0.2) is 70.0 Å². The van der Waals surface area contributed by atoms with E-state index in [9.17, 15) is 13.2 Å². The van der Waals surface area contributed by atoms with E-state index in [0.717, 1.165) is 18.7 Å². The van der Waals surface area contributed by atoms with Crippen molar-refractivity contribution in [2.75, 3.05) is 51.3 Å². The Bertz CT molecular complexity index is 1090. The van der Waals surface area contributed by atoms with Crippen LogP contribution < -0.4 is 4.90 Å². The normalized spacial score (nSPS) is 17.7. The predicted molar refractivity (Wildman–Crippen MR) is 129 cm³/mol. The highest BCUT2D eigenvalue weighted by molar-refractivity contribution is 7.89. The zero-order valence-electron chi connectivity index (χ0n) is 19.5. The van der Waals surface area contributed by atoms with Crippen LogP contribution in [0.25, 0.3) is 0 Å². The Hall–Kier alpha value is -2.42. The number of carbonyl (C=O) groups excluding carboxylic acids is 1. The van der Waals surface area contributed by atoms with Crippen LogP contribution in [-0.2, 0) is 21.3 Å². The van der Waals surface area contributed by atoms with Gasteiger partial charge in [0.2, 0.25) is 10.0 Å². The second-order valence-electron chi connectivity index (χ2n) is 8.83. The SMILES string of the molecule is Cc1ccc(C(=O)N(C)Cc2ccccc2N2CCCCC2)cc1S(=O)(=O)N1CCOCC1. The van der Waals surface area contributed by atoms with Crippen LogP contribution >= 0.6 is 0 Å². The number of benzene rings is 2. The molecule has 2 fully saturated rings. The molecular formula is C25H33N3O4S. The minimum atomic E-state index is -3.68. The maximum absolute atomic E-state index is 13.3. The molecule has 33 heavy (non-hydrogen) atoms. The van der Waals surface area contributed by atoms with Crippen molar-refractivity contribution in [1.82, 2.24) is 9.21 Å². The second-order valence-corrected chi connectivity index (χ2v) is 10.7. The van der Waals surface area contributed by atoms with Crippen molar-refractivity contribution >= 4 is 21.6 Å². The quantitative estimate of drug-likeness (QED) is 0.647. The first-order valence-corrected chi connectivity index (χ1v) is 13.1. The van der Waals surface area contributed by atoms with E-state index in [-0.39, 0.29) is 10.8 Å². The van der Waals surface area contributed by atoms with Gasteiger partial charge in [0.15, 0.2) is 0 Å². The average molecular weight is 472 g/mol. The van der Waals surface area contributed by atoms with Gasteiger partial charge in [-0.25, -0.2) is 8.42 Å². The Morgan fingerprint density at radius 3 is 2.42 bits per heavy atom. The van der Waals surface area contributed by atoms with Crippen molar-refractivity contribution in [1.29, 1.82) is 0 Å². The van der Waals surface area contributed by atoms with Crippen molar-refractivity contribution in [3.63, 3.8) is 0 Å². The largest absolute Gasteiger partial charge is 0.379 e. The van der Waals surface area contributed by atoms with Gasteiger partial charge in [-0.05, 0) is 55.5 Å². The Morgan fingerprint density at radius 1 is 1.00 bits per heavy atom. The number of hydrogen-bond acceptors (Lipinski definition) is 5. The summed E-state index contributed by atoms with van der Waals surface area (Å²) in [5.41, 5.74) is 3.29. The molecule has 2 aliphatic heterocycles. The summed E-state index contributed by atoms with van der Waals surface area (Å²) in [5, 5.41) is 0. The van der Waals surface area contributed by atoms with Gasteiger partial charge in [0, 0.05) is 51.0 Å². The molecule has 0 aliphatic carbocycles. The van der Waals surface area contributed by atoms with E-state index in [1.165, 1.54) is 35.3 Å². The van der Waals surface area contributed by atoms with Crippen molar-refractivity contribution in [2.24, 2.45) is 0 Å². The van der Waals surface area contributed by atoms with Crippen LogP contribution in [0.15, 0.2) is 47.4 Å². The topological polar surface area (TPSA) is 70.2 Å². The van der Waals surface area contributed by atoms with Gasteiger partial charge in [-0.3, -0.25) is 4.79 Å². The lowest BCUT2D eigenvalue weighted by Gasteiger charge is -2.31. The fraction of sp³-hybridized carbons (Fsp3) is 0.480. The van der Waals surface area contributed by atoms with Gasteiger partial charge in [0.25, 0.3) is 5.91 Å². The summed E-state index contributed by atoms with van der Waals surface area (Å²) in [5.74, 6) is -0.193. The summed E-state index contributed by atoms with van der Waals surface area (Å²) in [7, 11) is -1.91. The molecule has 7 nitrogen and oxygen atoms in total. The number of carbonyl (C=O) groups is 1. The molecule has 0 aromatic heterocycles. The summed E-state index contributed by atoms with van der Waals surface area (Å²) in [6, 6.07) is 13.2. The van der Waals surface area contributed by atoms with Crippen LogP contribution in [0.5, 0.6) is 0 Å². The number of piperidine rings is 1. The van der Waals surface area contributed by atoms with E-state index in [0.29, 0.717) is 44.0 Å². The molecule has 8 heteroatoms. The van der Waals surface area contributed by atoms with Crippen LogP contribution in [0.4, 0.5) is 5.69 Å². The molecule has 0 radical (unpaired) electrons. The summed E-state index contributed by atoms with van der Waals surface area (Å²) in [6.07, 6.45) is 3.64. The number of nitrogens with zero attached hydrogens (tertiary/aromatic N) is 3. The highest BCUT2D eigenvalue weighted by Crippen LogP contribution is 2.26. The van der Waals surface area contributed by atoms with E-state index in [1.54, 1.807) is 31.0 Å². The lowest BCUT2D eigenvalue weighted by atomic mass is 10.1. The smallest absolute Gasteiger partial charge is 0.253 e. The van der Waals surface area contributed by atoms with Gasteiger partial charge in [-0.15, -0.1) is 0 Å². The van der Waals surface area contributed by atoms with Crippen LogP contribution in [0.3, 0.4) is 0 Å². The van der Waals surface area contributed by atoms with Gasteiger partial charge in [-0.1, -0.05) is 24.3 Å². The number of rotatable bonds is 6. The molecule has 0 saturated carbocycles. The molecule has 0 spiro atoms. The minimum absolute atomic E-state index is 0.192. The molecule has 0 atom stereocenters. The molecule has 2 aromatic rings. The maximum Gasteiger partial charge on any atom is 0.253 e. The summed E-state index contributed by atoms with van der Waals surface area (Å²) < 4.78 is 33.1. The van der Waals surface area contributed by atoms with Crippen molar-refractivity contribution < 1.29 is 17.9 Å². The van der Waals surface area contributed by atoms with Crippen molar-refractivity contribution in [2.45, 2.75) is 37.6 Å². The third kappa shape index (κ3) is 5.23. The van der Waals surface area contributed by atoms with E-state index < -0.39 is 10.0 Å². The molecule has 2 aromatic carbocycles. The molecule has 2 heterocycles. The Morgan fingerprint density at radius 2 is 1.70 bits per heavy atom. The number of amides is 1. The fourth-order valence-electron chi connectivity index (χ4n) is 4.57. The van der Waals surface area contributed by atoms with Gasteiger partial charge < -0.3 is 14.5 Å². The number of hydrogen-bond donors (Lipinski definition) is 0. The zero-order valence-corrected chi connectivity index (χ0v) is 20.3. The first-order chi connectivity index (χ1) is 15.9. The monoisotopic (exact) mass is 471 g/mol. The lowest BCUT2D eigenvalue weighted by molar-refractivity contribution is 0.0730. The molecule has 1 amide bonds. The van der Waals surface area contributed by atoms with Gasteiger partial charge in [0.1, 0.15) is 0 Å². The molecule has 2 aliphatic rings. The van der Waals surface area contributed by atoms with Gasteiger partial charge in [-0.2, -0.15) is 4.31 Å². The average Bonchev–Trinajstić information content (AvgIpc) is 2.85. The molecule has 2 saturated heterocycles. The summed E-state index contributed by atoms with van der Waals surface area (Å²) >= 11 is 0. The number of morpholine rings is 1. The Kier molecular flexibility index (Phi) is 7.36. The molecule has 178 valence electrons. The number of para-hydroxylation sites is 1. The van der Waals surface area contributed by atoms with Crippen molar-refractivity contribution in [3.05, 3.63) is 59.2 Å². The molecule has 0 N–H and O–H groups in total. The molecule has 0 bridgehead atoms. The number of anilines is 1. The number of sulfonamides is 1. The van der Waals surface area contributed by atoms with Crippen LogP contribution in [0, 0.1) is 6.92 Å². The molecule has 4 rings (SSSR count). The summed E-state index contributed by atoms with van der Waals surface area (Å²) in [6.45, 7) is 5.72. The highest BCUT2D eigenvalue weighted by Gasteiger charge is 2.29. The van der Waals surface area contributed by atoms with Crippen molar-refractivity contribution in [3.8, 4) is 0 Å². The van der Waals surface area contributed by atoms with E-state index in [2.05, 4.69) is 17.0 Å².